The molecule has 0 saturated carbocycles. The van der Waals surface area contributed by atoms with Gasteiger partial charge in [-0.15, -0.1) is 6.58 Å². The van der Waals surface area contributed by atoms with Crippen LogP contribution in [0.5, 0.6) is 0 Å². The van der Waals surface area contributed by atoms with E-state index in [0.29, 0.717) is 38.0 Å². The lowest BCUT2D eigenvalue weighted by atomic mass is 10.6. The van der Waals surface area contributed by atoms with Crippen LogP contribution in [0.25, 0.3) is 0 Å². The van der Waals surface area contributed by atoms with Crippen LogP contribution in [-0.4, -0.2) is 41.6 Å². The highest BCUT2D eigenvalue weighted by atomic mass is 32.2. The van der Waals surface area contributed by atoms with E-state index in [2.05, 4.69) is 47.1 Å². The lowest BCUT2D eigenvalue weighted by molar-refractivity contribution is 0.928. The number of thiocarbonyl (C=S) groups is 1. The van der Waals surface area contributed by atoms with Gasteiger partial charge in [-0.25, -0.2) is 29.9 Å². The molecule has 27 heavy (non-hydrogen) atoms. The Morgan fingerprint density at radius 2 is 1.48 bits per heavy atom. The van der Waals surface area contributed by atoms with Crippen LogP contribution in [0.4, 0.5) is 5.95 Å². The van der Waals surface area contributed by atoms with Crippen molar-refractivity contribution >= 4 is 46.8 Å². The SMILES string of the molecule is C=CCNC(=S)Nc1nc(Sc2ncccn2)cc(Sc2ncccn2)n1. The van der Waals surface area contributed by atoms with Gasteiger partial charge in [0.05, 0.1) is 0 Å². The molecule has 0 aliphatic carbocycles. The van der Waals surface area contributed by atoms with Crippen LogP contribution in [0.15, 0.2) is 76.0 Å². The van der Waals surface area contributed by atoms with Gasteiger partial charge in [-0.3, -0.25) is 0 Å². The van der Waals surface area contributed by atoms with Crippen LogP contribution in [0.1, 0.15) is 0 Å². The zero-order valence-electron chi connectivity index (χ0n) is 13.9. The van der Waals surface area contributed by atoms with Gasteiger partial charge in [0.1, 0.15) is 10.1 Å². The van der Waals surface area contributed by atoms with E-state index >= 15 is 0 Å². The predicted octanol–water partition coefficient (Wildman–Crippen LogP) is 2.83. The Morgan fingerprint density at radius 3 is 1.96 bits per heavy atom. The second kappa shape index (κ2) is 9.90. The fraction of sp³-hybridized carbons (Fsp3) is 0.0625. The second-order valence-corrected chi connectivity index (χ2v) is 7.14. The van der Waals surface area contributed by atoms with Gasteiger partial charge in [-0.2, -0.15) is 0 Å². The van der Waals surface area contributed by atoms with Crippen LogP contribution in [-0.2, 0) is 0 Å². The first kappa shape index (κ1) is 19.1. The minimum Gasteiger partial charge on any atom is -0.359 e. The maximum Gasteiger partial charge on any atom is 0.231 e. The zero-order valence-corrected chi connectivity index (χ0v) is 16.4. The van der Waals surface area contributed by atoms with E-state index in [-0.39, 0.29) is 0 Å². The molecule has 3 heterocycles. The summed E-state index contributed by atoms with van der Waals surface area (Å²) >= 11 is 7.88. The van der Waals surface area contributed by atoms with Crippen LogP contribution in [0.2, 0.25) is 0 Å². The van der Waals surface area contributed by atoms with Crippen molar-refractivity contribution in [2.45, 2.75) is 20.4 Å². The molecule has 3 rings (SSSR count). The molecule has 0 amide bonds. The molecule has 0 aliphatic rings. The van der Waals surface area contributed by atoms with Crippen molar-refractivity contribution in [3.8, 4) is 0 Å². The van der Waals surface area contributed by atoms with Crippen molar-refractivity contribution in [2.75, 3.05) is 11.9 Å². The Labute approximate surface area is 169 Å². The van der Waals surface area contributed by atoms with Gasteiger partial charge < -0.3 is 10.6 Å². The summed E-state index contributed by atoms with van der Waals surface area (Å²) in [5.41, 5.74) is 0. The first-order valence-corrected chi connectivity index (χ1v) is 9.71. The van der Waals surface area contributed by atoms with E-state index in [4.69, 9.17) is 12.2 Å². The number of nitrogens with one attached hydrogen (secondary N) is 2. The molecule has 3 aromatic heterocycles. The van der Waals surface area contributed by atoms with Gasteiger partial charge in [0, 0.05) is 37.4 Å². The molecule has 0 fully saturated rings. The van der Waals surface area contributed by atoms with Crippen molar-refractivity contribution in [1.29, 1.82) is 0 Å². The average Bonchev–Trinajstić information content (AvgIpc) is 2.68. The second-order valence-electron chi connectivity index (χ2n) is 4.76. The Kier molecular flexibility index (Phi) is 7.02. The molecule has 0 spiro atoms. The van der Waals surface area contributed by atoms with Crippen molar-refractivity contribution in [1.82, 2.24) is 35.2 Å². The molecular formula is C16H14N8S3. The van der Waals surface area contributed by atoms with Crippen molar-refractivity contribution in [2.24, 2.45) is 0 Å². The minimum atomic E-state index is 0.357. The lowest BCUT2D eigenvalue weighted by Gasteiger charge is -2.10. The van der Waals surface area contributed by atoms with Crippen LogP contribution < -0.4 is 10.6 Å². The van der Waals surface area contributed by atoms with E-state index in [1.165, 1.54) is 23.5 Å². The third-order valence-electron chi connectivity index (χ3n) is 2.79. The summed E-state index contributed by atoms with van der Waals surface area (Å²) in [6, 6.07) is 5.34. The summed E-state index contributed by atoms with van der Waals surface area (Å²) in [5.74, 6) is 0.357. The molecule has 8 nitrogen and oxygen atoms in total. The molecule has 0 saturated heterocycles. The van der Waals surface area contributed by atoms with Crippen molar-refractivity contribution < 1.29 is 0 Å². The Balaban J connectivity index is 1.84. The number of rotatable bonds is 7. The molecule has 0 aliphatic heterocycles. The highest BCUT2D eigenvalue weighted by Crippen LogP contribution is 2.29. The molecule has 0 radical (unpaired) electrons. The van der Waals surface area contributed by atoms with Crippen LogP contribution in [0.3, 0.4) is 0 Å². The van der Waals surface area contributed by atoms with Gasteiger partial charge in [0.25, 0.3) is 0 Å². The van der Waals surface area contributed by atoms with Gasteiger partial charge in [0.15, 0.2) is 15.4 Å². The topological polar surface area (TPSA) is 101 Å². The largest absolute Gasteiger partial charge is 0.359 e. The van der Waals surface area contributed by atoms with Gasteiger partial charge in [0.2, 0.25) is 5.95 Å². The van der Waals surface area contributed by atoms with E-state index in [1.54, 1.807) is 43.0 Å². The fourth-order valence-corrected chi connectivity index (χ4v) is 3.42. The highest BCUT2D eigenvalue weighted by molar-refractivity contribution is 7.99. The third-order valence-corrected chi connectivity index (χ3v) is 4.66. The first-order valence-electron chi connectivity index (χ1n) is 7.67. The number of anilines is 1. The number of hydrogen-bond acceptors (Lipinski definition) is 9. The quantitative estimate of drug-likeness (QED) is 0.258. The summed E-state index contributed by atoms with van der Waals surface area (Å²) in [5, 5.41) is 8.86. The van der Waals surface area contributed by atoms with Gasteiger partial charge in [-0.1, -0.05) is 6.08 Å². The smallest absolute Gasteiger partial charge is 0.231 e. The molecule has 0 atom stereocenters. The summed E-state index contributed by atoms with van der Waals surface area (Å²) < 4.78 is 0. The first-order chi connectivity index (χ1) is 13.2. The standard InChI is InChI=1S/C16H14N8S3/c1-2-5-17-14(25)24-13-22-11(26-15-18-6-3-7-19-15)10-12(23-13)27-16-20-8-4-9-21-16/h2-4,6-10H,1,5H2,(H2,17,22,23,24,25). The Bertz CT molecular complexity index is 848. The predicted molar refractivity (Wildman–Crippen MR) is 109 cm³/mol. The Hall–Kier alpha value is -2.63. The maximum absolute atomic E-state index is 5.23. The molecular weight excluding hydrogens is 400 g/mol. The van der Waals surface area contributed by atoms with Gasteiger partial charge in [-0.05, 0) is 47.9 Å². The molecule has 136 valence electrons. The highest BCUT2D eigenvalue weighted by Gasteiger charge is 2.11. The summed E-state index contributed by atoms with van der Waals surface area (Å²) in [7, 11) is 0. The normalized spacial score (nSPS) is 10.2. The molecule has 0 bridgehead atoms. The van der Waals surface area contributed by atoms with Crippen molar-refractivity contribution in [3.05, 3.63) is 55.6 Å². The monoisotopic (exact) mass is 414 g/mol. The Morgan fingerprint density at radius 1 is 0.963 bits per heavy atom. The number of aromatic nitrogens is 6. The van der Waals surface area contributed by atoms with Gasteiger partial charge >= 0.3 is 0 Å². The van der Waals surface area contributed by atoms with E-state index in [0.717, 1.165) is 0 Å². The molecule has 2 N–H and O–H groups in total. The zero-order chi connectivity index (χ0) is 18.9. The third kappa shape index (κ3) is 6.24. The van der Waals surface area contributed by atoms with E-state index in [1.807, 2.05) is 6.07 Å². The molecule has 11 heteroatoms. The minimum absolute atomic E-state index is 0.357. The lowest BCUT2D eigenvalue weighted by Crippen LogP contribution is -2.29. The summed E-state index contributed by atoms with van der Waals surface area (Å²) in [6.07, 6.45) is 8.42. The number of nitrogens with zero attached hydrogens (tertiary/aromatic N) is 6. The molecule has 0 unspecified atom stereocenters. The summed E-state index contributed by atoms with van der Waals surface area (Å²) in [6.45, 7) is 4.19. The summed E-state index contributed by atoms with van der Waals surface area (Å²) in [4.78, 5) is 25.8. The number of hydrogen-bond donors (Lipinski definition) is 2. The van der Waals surface area contributed by atoms with E-state index in [9.17, 15) is 0 Å². The fourth-order valence-electron chi connectivity index (χ4n) is 1.74. The van der Waals surface area contributed by atoms with Crippen LogP contribution >= 0.6 is 35.7 Å². The van der Waals surface area contributed by atoms with E-state index < -0.39 is 0 Å². The molecule has 3 aromatic rings. The van der Waals surface area contributed by atoms with Crippen LogP contribution in [0, 0.1) is 0 Å². The van der Waals surface area contributed by atoms with Crippen molar-refractivity contribution in [3.63, 3.8) is 0 Å². The average molecular weight is 415 g/mol. The molecule has 0 aromatic carbocycles. The maximum atomic E-state index is 5.23.